The Kier molecular flexibility index (Phi) is 4.56. The molecule has 1 aliphatic carbocycles. The third kappa shape index (κ3) is 3.27. The van der Waals surface area contributed by atoms with Gasteiger partial charge in [-0.3, -0.25) is 9.67 Å². The lowest BCUT2D eigenvalue weighted by Gasteiger charge is -2.15. The summed E-state index contributed by atoms with van der Waals surface area (Å²) >= 11 is 0. The van der Waals surface area contributed by atoms with Crippen LogP contribution in [0, 0.1) is 0 Å². The predicted molar refractivity (Wildman–Crippen MR) is 104 cm³/mol. The zero-order valence-electron chi connectivity index (χ0n) is 14.8. The van der Waals surface area contributed by atoms with Crippen LogP contribution in [0.4, 0.5) is 0 Å². The summed E-state index contributed by atoms with van der Waals surface area (Å²) in [5, 5.41) is 14.2. The Morgan fingerprint density at radius 1 is 1.22 bits per heavy atom. The highest BCUT2D eigenvalue weighted by atomic mass is 16.4. The van der Waals surface area contributed by atoms with Crippen LogP contribution < -0.4 is 5.73 Å². The molecule has 0 spiro atoms. The minimum Gasteiger partial charge on any atom is -0.477 e. The average Bonchev–Trinajstić information content (AvgIpc) is 3.06. The topological polar surface area (TPSA) is 94.0 Å². The van der Waals surface area contributed by atoms with Crippen LogP contribution in [0.2, 0.25) is 0 Å². The number of nitrogens with zero attached hydrogens (tertiary/aromatic N) is 3. The van der Waals surface area contributed by atoms with E-state index in [1.165, 1.54) is 4.68 Å². The van der Waals surface area contributed by atoms with Crippen LogP contribution in [0.15, 0.2) is 42.6 Å². The Balaban J connectivity index is 1.75. The molecule has 0 radical (unpaired) electrons. The van der Waals surface area contributed by atoms with E-state index in [0.29, 0.717) is 19.5 Å². The molecule has 1 aliphatic rings. The maximum atomic E-state index is 11.7. The van der Waals surface area contributed by atoms with Gasteiger partial charge in [0.05, 0.1) is 17.9 Å². The molecule has 0 saturated carbocycles. The Hall–Kier alpha value is -3.25. The third-order valence-corrected chi connectivity index (χ3v) is 4.75. The molecule has 6 heteroatoms. The number of aromatic nitrogens is 3. The molecule has 2 heterocycles. The number of carboxylic acids is 1. The number of aryl methyl sites for hydroxylation is 1. The average molecular weight is 360 g/mol. The van der Waals surface area contributed by atoms with Gasteiger partial charge in [-0.1, -0.05) is 36.4 Å². The Bertz CT molecular complexity index is 1020. The highest BCUT2D eigenvalue weighted by molar-refractivity contribution is 5.91. The molecule has 1 aromatic carbocycles. The first kappa shape index (κ1) is 17.2. The van der Waals surface area contributed by atoms with Gasteiger partial charge in [0.15, 0.2) is 0 Å². The van der Waals surface area contributed by atoms with Crippen molar-refractivity contribution in [1.29, 1.82) is 0 Å². The van der Waals surface area contributed by atoms with Gasteiger partial charge < -0.3 is 10.8 Å². The standard InChI is InChI=1S/C21H20N4O2/c22-10-11-25-20(21(26)27)17-9-7-15-13-23-16(12-18(15)19(17)24-25)8-6-14-4-2-1-3-5-14/h1-6,8,12-13H,7,9-11,22H2,(H,26,27). The number of rotatable bonds is 5. The molecule has 4 rings (SSSR count). The van der Waals surface area contributed by atoms with Gasteiger partial charge in [-0.2, -0.15) is 5.10 Å². The molecule has 0 saturated heterocycles. The molecule has 2 aromatic heterocycles. The second kappa shape index (κ2) is 7.17. The van der Waals surface area contributed by atoms with Crippen molar-refractivity contribution in [1.82, 2.24) is 14.8 Å². The number of hydrogen-bond donors (Lipinski definition) is 2. The van der Waals surface area contributed by atoms with E-state index in [4.69, 9.17) is 5.73 Å². The smallest absolute Gasteiger partial charge is 0.354 e. The van der Waals surface area contributed by atoms with Crippen LogP contribution in [0.25, 0.3) is 23.4 Å². The van der Waals surface area contributed by atoms with E-state index in [1.54, 1.807) is 0 Å². The first-order chi connectivity index (χ1) is 13.2. The fourth-order valence-electron chi connectivity index (χ4n) is 3.49. The van der Waals surface area contributed by atoms with E-state index < -0.39 is 5.97 Å². The molecular weight excluding hydrogens is 340 g/mol. The van der Waals surface area contributed by atoms with Crippen molar-refractivity contribution in [3.63, 3.8) is 0 Å². The SMILES string of the molecule is NCCn1nc2c(c1C(=O)O)CCc1cnc(C=Cc3ccccc3)cc1-2. The van der Waals surface area contributed by atoms with E-state index in [1.807, 2.05) is 54.7 Å². The number of hydrogen-bond acceptors (Lipinski definition) is 4. The minimum atomic E-state index is -0.959. The maximum absolute atomic E-state index is 11.7. The van der Waals surface area contributed by atoms with Gasteiger partial charge in [0.2, 0.25) is 0 Å². The molecule has 136 valence electrons. The van der Waals surface area contributed by atoms with Gasteiger partial charge in [0.25, 0.3) is 0 Å². The lowest BCUT2D eigenvalue weighted by molar-refractivity contribution is 0.0682. The predicted octanol–water partition coefficient (Wildman–Crippen LogP) is 2.87. The summed E-state index contributed by atoms with van der Waals surface area (Å²) in [4.78, 5) is 16.3. The molecule has 0 amide bonds. The van der Waals surface area contributed by atoms with E-state index in [0.717, 1.165) is 40.1 Å². The second-order valence-corrected chi connectivity index (χ2v) is 6.50. The number of aromatic carboxylic acids is 1. The van der Waals surface area contributed by atoms with Crippen LogP contribution >= 0.6 is 0 Å². The van der Waals surface area contributed by atoms with Crippen LogP contribution in [-0.2, 0) is 19.4 Å². The maximum Gasteiger partial charge on any atom is 0.354 e. The van der Waals surface area contributed by atoms with Crippen molar-refractivity contribution in [2.75, 3.05) is 6.54 Å². The third-order valence-electron chi connectivity index (χ3n) is 4.75. The summed E-state index contributed by atoms with van der Waals surface area (Å²) in [5.74, 6) is -0.959. The molecule has 0 unspecified atom stereocenters. The summed E-state index contributed by atoms with van der Waals surface area (Å²) in [6.45, 7) is 0.727. The molecule has 3 aromatic rings. The summed E-state index contributed by atoms with van der Waals surface area (Å²) in [6, 6.07) is 12.0. The fraction of sp³-hybridized carbons (Fsp3) is 0.190. The zero-order chi connectivity index (χ0) is 18.8. The quantitative estimate of drug-likeness (QED) is 0.730. The molecular formula is C21H20N4O2. The minimum absolute atomic E-state index is 0.249. The highest BCUT2D eigenvalue weighted by Crippen LogP contribution is 2.35. The highest BCUT2D eigenvalue weighted by Gasteiger charge is 2.28. The Labute approximate surface area is 157 Å². The van der Waals surface area contributed by atoms with E-state index in [9.17, 15) is 9.90 Å². The molecule has 0 fully saturated rings. The summed E-state index contributed by atoms with van der Waals surface area (Å²) in [7, 11) is 0. The van der Waals surface area contributed by atoms with Gasteiger partial charge in [-0.05, 0) is 36.1 Å². The van der Waals surface area contributed by atoms with Gasteiger partial charge in [-0.15, -0.1) is 0 Å². The first-order valence-corrected chi connectivity index (χ1v) is 8.93. The van der Waals surface area contributed by atoms with Gasteiger partial charge >= 0.3 is 5.97 Å². The van der Waals surface area contributed by atoms with Gasteiger partial charge in [-0.25, -0.2) is 4.79 Å². The van der Waals surface area contributed by atoms with Crippen LogP contribution in [0.3, 0.4) is 0 Å². The first-order valence-electron chi connectivity index (χ1n) is 8.93. The number of fused-ring (bicyclic) bond motifs is 3. The van der Waals surface area contributed by atoms with E-state index >= 15 is 0 Å². The summed E-state index contributed by atoms with van der Waals surface area (Å²) < 4.78 is 1.52. The molecule has 3 N–H and O–H groups in total. The number of pyridine rings is 1. The zero-order valence-corrected chi connectivity index (χ0v) is 14.8. The molecule has 0 bridgehead atoms. The lowest BCUT2D eigenvalue weighted by Crippen LogP contribution is -2.17. The van der Waals surface area contributed by atoms with Crippen molar-refractivity contribution in [3.8, 4) is 11.3 Å². The van der Waals surface area contributed by atoms with Crippen LogP contribution in [-0.4, -0.2) is 32.4 Å². The van der Waals surface area contributed by atoms with Crippen molar-refractivity contribution in [2.24, 2.45) is 5.73 Å². The normalized spacial score (nSPS) is 12.8. The molecule has 6 nitrogen and oxygen atoms in total. The van der Waals surface area contributed by atoms with Crippen molar-refractivity contribution < 1.29 is 9.90 Å². The largest absolute Gasteiger partial charge is 0.477 e. The molecule has 0 atom stereocenters. The Morgan fingerprint density at radius 3 is 2.78 bits per heavy atom. The van der Waals surface area contributed by atoms with Gasteiger partial charge in [0.1, 0.15) is 5.69 Å². The summed E-state index contributed by atoms with van der Waals surface area (Å²) in [5.41, 5.74) is 11.4. The second-order valence-electron chi connectivity index (χ2n) is 6.50. The monoisotopic (exact) mass is 360 g/mol. The fourth-order valence-corrected chi connectivity index (χ4v) is 3.49. The van der Waals surface area contributed by atoms with Crippen LogP contribution in [0.5, 0.6) is 0 Å². The van der Waals surface area contributed by atoms with Crippen molar-refractivity contribution in [3.05, 3.63) is 70.7 Å². The number of nitrogens with two attached hydrogens (primary N) is 1. The van der Waals surface area contributed by atoms with E-state index in [2.05, 4.69) is 10.1 Å². The van der Waals surface area contributed by atoms with Crippen LogP contribution in [0.1, 0.15) is 32.9 Å². The number of benzene rings is 1. The van der Waals surface area contributed by atoms with Crippen molar-refractivity contribution >= 4 is 18.1 Å². The Morgan fingerprint density at radius 2 is 2.04 bits per heavy atom. The summed E-state index contributed by atoms with van der Waals surface area (Å²) in [6.07, 6.45) is 7.24. The molecule has 0 aliphatic heterocycles. The van der Waals surface area contributed by atoms with E-state index in [-0.39, 0.29) is 5.69 Å². The molecule has 27 heavy (non-hydrogen) atoms. The van der Waals surface area contributed by atoms with Gasteiger partial charge in [0, 0.05) is 23.9 Å². The number of carbonyl (C=O) groups is 1. The van der Waals surface area contributed by atoms with Crippen molar-refractivity contribution in [2.45, 2.75) is 19.4 Å². The number of carboxylic acid groups (broad SMARTS) is 1. The lowest BCUT2D eigenvalue weighted by atomic mass is 9.89.